The first kappa shape index (κ1) is 15.8. The molecule has 2 rings (SSSR count). The molecule has 1 fully saturated rings. The van der Waals surface area contributed by atoms with Crippen molar-refractivity contribution in [2.45, 2.75) is 52.6 Å². The zero-order valence-corrected chi connectivity index (χ0v) is 14.8. The van der Waals surface area contributed by atoms with E-state index in [4.69, 9.17) is 0 Å². The van der Waals surface area contributed by atoms with Gasteiger partial charge in [0.05, 0.1) is 0 Å². The Labute approximate surface area is 132 Å². The Hall–Kier alpha value is -0.540. The van der Waals surface area contributed by atoms with Crippen molar-refractivity contribution < 1.29 is 0 Å². The molecule has 1 aromatic carbocycles. The molecule has 0 spiro atoms. The number of halogens is 1. The van der Waals surface area contributed by atoms with Crippen LogP contribution < -0.4 is 10.2 Å². The Balaban J connectivity index is 2.19. The molecule has 1 aromatic rings. The van der Waals surface area contributed by atoms with E-state index >= 15 is 0 Å². The van der Waals surface area contributed by atoms with Crippen molar-refractivity contribution in [2.24, 2.45) is 5.92 Å². The van der Waals surface area contributed by atoms with Gasteiger partial charge in [0.25, 0.3) is 0 Å². The predicted octanol–water partition coefficient (Wildman–Crippen LogP) is 4.57. The fourth-order valence-corrected chi connectivity index (χ4v) is 3.42. The van der Waals surface area contributed by atoms with Crippen LogP contribution in [0.5, 0.6) is 0 Å². The van der Waals surface area contributed by atoms with Crippen LogP contribution in [0.25, 0.3) is 0 Å². The Bertz CT molecular complexity index is 454. The van der Waals surface area contributed by atoms with Gasteiger partial charge in [-0.05, 0) is 62.9 Å². The number of nitrogens with one attached hydrogen (secondary N) is 1. The average molecular weight is 339 g/mol. The van der Waals surface area contributed by atoms with Crippen molar-refractivity contribution >= 4 is 21.6 Å². The van der Waals surface area contributed by atoms with Crippen molar-refractivity contribution in [3.05, 3.63) is 28.2 Å². The molecule has 1 aliphatic heterocycles. The fraction of sp³-hybridized carbons (Fsp3) is 0.647. The number of nitrogens with zero attached hydrogens (tertiary/aromatic N) is 1. The average Bonchev–Trinajstić information content (AvgIpc) is 2.69. The summed E-state index contributed by atoms with van der Waals surface area (Å²) in [7, 11) is 0. The summed E-state index contributed by atoms with van der Waals surface area (Å²) in [4.78, 5) is 2.58. The quantitative estimate of drug-likeness (QED) is 0.845. The summed E-state index contributed by atoms with van der Waals surface area (Å²) in [5.41, 5.74) is 3.07. The maximum Gasteiger partial charge on any atom is 0.0417 e. The molecule has 0 amide bonds. The van der Waals surface area contributed by atoms with Crippen molar-refractivity contribution in [2.75, 3.05) is 18.0 Å². The summed E-state index contributed by atoms with van der Waals surface area (Å²) in [6.45, 7) is 12.4. The summed E-state index contributed by atoms with van der Waals surface area (Å²) in [6.07, 6.45) is 2.57. The number of benzene rings is 1. The lowest BCUT2D eigenvalue weighted by molar-refractivity contribution is 0.513. The van der Waals surface area contributed by atoms with Crippen LogP contribution in [-0.2, 0) is 6.54 Å². The highest BCUT2D eigenvalue weighted by Crippen LogP contribution is 2.36. The van der Waals surface area contributed by atoms with Crippen molar-refractivity contribution in [1.82, 2.24) is 5.32 Å². The molecule has 0 unspecified atom stereocenters. The summed E-state index contributed by atoms with van der Waals surface area (Å²) in [6, 6.07) is 6.69. The Kier molecular flexibility index (Phi) is 5.14. The van der Waals surface area contributed by atoms with Gasteiger partial charge in [0.1, 0.15) is 0 Å². The lowest BCUT2D eigenvalue weighted by Gasteiger charge is -2.35. The topological polar surface area (TPSA) is 15.3 Å². The van der Waals surface area contributed by atoms with Gasteiger partial charge in [0.2, 0.25) is 0 Å². The Morgan fingerprint density at radius 3 is 2.70 bits per heavy atom. The molecule has 112 valence electrons. The molecular weight excluding hydrogens is 312 g/mol. The molecule has 3 heteroatoms. The van der Waals surface area contributed by atoms with Crippen LogP contribution >= 0.6 is 15.9 Å². The van der Waals surface area contributed by atoms with Crippen LogP contribution in [0.15, 0.2) is 22.7 Å². The van der Waals surface area contributed by atoms with Gasteiger partial charge >= 0.3 is 0 Å². The number of hydrogen-bond donors (Lipinski definition) is 1. The third kappa shape index (κ3) is 3.76. The molecule has 0 aromatic heterocycles. The van der Waals surface area contributed by atoms with E-state index in [2.05, 4.69) is 72.0 Å². The van der Waals surface area contributed by atoms with E-state index in [1.165, 1.54) is 35.1 Å². The smallest absolute Gasteiger partial charge is 0.0417 e. The van der Waals surface area contributed by atoms with Crippen molar-refractivity contribution in [3.8, 4) is 0 Å². The molecule has 20 heavy (non-hydrogen) atoms. The maximum atomic E-state index is 3.61. The van der Waals surface area contributed by atoms with Gasteiger partial charge in [0.15, 0.2) is 0 Å². The van der Waals surface area contributed by atoms with Crippen LogP contribution in [0.1, 0.15) is 46.1 Å². The van der Waals surface area contributed by atoms with Gasteiger partial charge in [-0.1, -0.05) is 29.8 Å². The predicted molar refractivity (Wildman–Crippen MR) is 91.3 cm³/mol. The normalized spacial score (nSPS) is 18.0. The summed E-state index contributed by atoms with van der Waals surface area (Å²) < 4.78 is 1.17. The van der Waals surface area contributed by atoms with Crippen molar-refractivity contribution in [3.63, 3.8) is 0 Å². The van der Waals surface area contributed by atoms with E-state index in [9.17, 15) is 0 Å². The minimum atomic E-state index is 0.278. The molecule has 0 aliphatic carbocycles. The van der Waals surface area contributed by atoms with E-state index in [1.807, 2.05) is 0 Å². The third-order valence-electron chi connectivity index (χ3n) is 4.10. The highest BCUT2D eigenvalue weighted by molar-refractivity contribution is 9.10. The van der Waals surface area contributed by atoms with Gasteiger partial charge in [-0.3, -0.25) is 0 Å². The van der Waals surface area contributed by atoms with E-state index in [1.54, 1.807) is 0 Å². The number of hydrogen-bond acceptors (Lipinski definition) is 2. The lowest BCUT2D eigenvalue weighted by atomic mass is 10.0. The number of rotatable bonds is 5. The second-order valence-corrected chi connectivity index (χ2v) is 7.78. The molecule has 0 atom stereocenters. The fourth-order valence-electron chi connectivity index (χ4n) is 3.01. The van der Waals surface area contributed by atoms with Gasteiger partial charge in [-0.25, -0.2) is 0 Å². The highest BCUT2D eigenvalue weighted by Gasteiger charge is 2.32. The largest absolute Gasteiger partial charge is 0.366 e. The van der Waals surface area contributed by atoms with Crippen LogP contribution in [0, 0.1) is 5.92 Å². The first-order valence-electron chi connectivity index (χ1n) is 7.67. The van der Waals surface area contributed by atoms with E-state index in [0.29, 0.717) is 5.92 Å². The molecule has 1 aliphatic rings. The lowest BCUT2D eigenvalue weighted by Crippen LogP contribution is -2.39. The van der Waals surface area contributed by atoms with E-state index < -0.39 is 0 Å². The summed E-state index contributed by atoms with van der Waals surface area (Å²) in [5.74, 6) is 0.689. The van der Waals surface area contributed by atoms with Crippen LogP contribution in [0.3, 0.4) is 0 Å². The van der Waals surface area contributed by atoms with Gasteiger partial charge < -0.3 is 10.2 Å². The second-order valence-electron chi connectivity index (χ2n) is 6.87. The first-order valence-corrected chi connectivity index (χ1v) is 8.46. The second kappa shape index (κ2) is 6.48. The van der Waals surface area contributed by atoms with Crippen LogP contribution in [0.4, 0.5) is 5.69 Å². The molecule has 0 bridgehead atoms. The molecule has 1 saturated heterocycles. The van der Waals surface area contributed by atoms with Gasteiger partial charge in [0, 0.05) is 28.8 Å². The molecule has 2 nitrogen and oxygen atoms in total. The molecule has 0 saturated carbocycles. The maximum absolute atomic E-state index is 3.61. The SMILES string of the molecule is CC(C)CNCc1cc(Br)ccc1N1CCCC1(C)C. The number of anilines is 1. The first-order chi connectivity index (χ1) is 9.40. The minimum absolute atomic E-state index is 0.278. The van der Waals surface area contributed by atoms with E-state index in [-0.39, 0.29) is 5.54 Å². The van der Waals surface area contributed by atoms with Gasteiger partial charge in [-0.2, -0.15) is 0 Å². The Morgan fingerprint density at radius 2 is 2.10 bits per heavy atom. The highest BCUT2D eigenvalue weighted by atomic mass is 79.9. The molecule has 1 N–H and O–H groups in total. The van der Waals surface area contributed by atoms with Crippen LogP contribution in [0.2, 0.25) is 0 Å². The molecular formula is C17H27BrN2. The molecule has 0 radical (unpaired) electrons. The zero-order chi connectivity index (χ0) is 14.8. The summed E-state index contributed by atoms with van der Waals surface area (Å²) in [5, 5.41) is 3.57. The summed E-state index contributed by atoms with van der Waals surface area (Å²) >= 11 is 3.61. The Morgan fingerprint density at radius 1 is 1.35 bits per heavy atom. The van der Waals surface area contributed by atoms with Gasteiger partial charge in [-0.15, -0.1) is 0 Å². The minimum Gasteiger partial charge on any atom is -0.366 e. The zero-order valence-electron chi connectivity index (χ0n) is 13.2. The molecule has 1 heterocycles. The van der Waals surface area contributed by atoms with Crippen molar-refractivity contribution in [1.29, 1.82) is 0 Å². The van der Waals surface area contributed by atoms with Crippen LogP contribution in [-0.4, -0.2) is 18.6 Å². The van der Waals surface area contributed by atoms with E-state index in [0.717, 1.165) is 13.1 Å². The standard InChI is InChI=1S/C17H27BrN2/c1-13(2)11-19-12-14-10-15(18)6-7-16(14)20-9-5-8-17(20,3)4/h6-7,10,13,19H,5,8-9,11-12H2,1-4H3. The third-order valence-corrected chi connectivity index (χ3v) is 4.59. The monoisotopic (exact) mass is 338 g/mol.